The Hall–Kier alpha value is -1.22. The minimum Gasteiger partial charge on any atom is -0.327 e. The van der Waals surface area contributed by atoms with Crippen LogP contribution in [0.15, 0.2) is 18.2 Å². The minimum atomic E-state index is -0.319. The monoisotopic (exact) mass is 235 g/mol. The summed E-state index contributed by atoms with van der Waals surface area (Å²) in [5.41, 5.74) is 6.99. The lowest BCUT2D eigenvalue weighted by Gasteiger charge is -2.27. The number of hydrogen-bond donors (Lipinski definition) is 1. The summed E-state index contributed by atoms with van der Waals surface area (Å²) in [6.45, 7) is 1.69. The van der Waals surface area contributed by atoms with Gasteiger partial charge < -0.3 is 5.73 Å². The number of carbonyl (C=O) groups excluding carboxylic acids is 1. The zero-order chi connectivity index (χ0) is 12.4. The highest BCUT2D eigenvalue weighted by Crippen LogP contribution is 2.26. The molecule has 92 valence electrons. The Morgan fingerprint density at radius 2 is 2.06 bits per heavy atom. The van der Waals surface area contributed by atoms with Gasteiger partial charge in [0.05, 0.1) is 0 Å². The molecular weight excluding hydrogens is 217 g/mol. The van der Waals surface area contributed by atoms with E-state index in [1.165, 1.54) is 6.07 Å². The number of halogens is 1. The van der Waals surface area contributed by atoms with E-state index in [-0.39, 0.29) is 23.6 Å². The summed E-state index contributed by atoms with van der Waals surface area (Å²) >= 11 is 0. The number of carbonyl (C=O) groups is 1. The van der Waals surface area contributed by atoms with Crippen molar-refractivity contribution in [1.82, 2.24) is 0 Å². The molecule has 2 N–H and O–H groups in total. The summed E-state index contributed by atoms with van der Waals surface area (Å²) in [4.78, 5) is 12.2. The van der Waals surface area contributed by atoms with Crippen molar-refractivity contribution in [2.24, 2.45) is 11.7 Å². The van der Waals surface area contributed by atoms with Crippen molar-refractivity contribution in [3.8, 4) is 0 Å². The fourth-order valence-corrected chi connectivity index (χ4v) is 2.45. The third-order valence-corrected chi connectivity index (χ3v) is 3.61. The number of benzene rings is 1. The van der Waals surface area contributed by atoms with Gasteiger partial charge >= 0.3 is 0 Å². The third kappa shape index (κ3) is 2.55. The Balaban J connectivity index is 2.21. The van der Waals surface area contributed by atoms with Gasteiger partial charge in [-0.2, -0.15) is 0 Å². The smallest absolute Gasteiger partial charge is 0.167 e. The Morgan fingerprint density at radius 3 is 2.71 bits per heavy atom. The van der Waals surface area contributed by atoms with Crippen LogP contribution in [0.5, 0.6) is 0 Å². The van der Waals surface area contributed by atoms with E-state index in [1.807, 2.05) is 0 Å². The molecule has 0 heterocycles. The maximum atomic E-state index is 13.4. The zero-order valence-corrected chi connectivity index (χ0v) is 10.1. The van der Waals surface area contributed by atoms with Crippen LogP contribution in [-0.4, -0.2) is 11.8 Å². The average molecular weight is 235 g/mol. The fourth-order valence-electron chi connectivity index (χ4n) is 2.45. The molecule has 1 aliphatic carbocycles. The van der Waals surface area contributed by atoms with Gasteiger partial charge in [-0.15, -0.1) is 0 Å². The van der Waals surface area contributed by atoms with Crippen LogP contribution in [0.4, 0.5) is 4.39 Å². The summed E-state index contributed by atoms with van der Waals surface area (Å²) in [7, 11) is 0. The van der Waals surface area contributed by atoms with Crippen molar-refractivity contribution >= 4 is 5.78 Å². The largest absolute Gasteiger partial charge is 0.327 e. The lowest BCUT2D eigenvalue weighted by molar-refractivity contribution is 0.0870. The Labute approximate surface area is 101 Å². The quantitative estimate of drug-likeness (QED) is 0.801. The predicted molar refractivity (Wildman–Crippen MR) is 65.4 cm³/mol. The molecule has 3 heteroatoms. The lowest BCUT2D eigenvalue weighted by atomic mass is 9.80. The second kappa shape index (κ2) is 4.96. The maximum Gasteiger partial charge on any atom is 0.167 e. The first-order valence-corrected chi connectivity index (χ1v) is 6.15. The van der Waals surface area contributed by atoms with Crippen molar-refractivity contribution in [1.29, 1.82) is 0 Å². The van der Waals surface area contributed by atoms with Crippen LogP contribution in [0.2, 0.25) is 0 Å². The molecule has 17 heavy (non-hydrogen) atoms. The standard InChI is InChI=1S/C14H18FNO/c1-9-6-7-10(8-12(9)15)14(17)11-4-2-3-5-13(11)16/h6-8,11,13H,2-5,16H2,1H3. The molecule has 0 saturated heterocycles. The molecule has 2 unspecified atom stereocenters. The zero-order valence-electron chi connectivity index (χ0n) is 10.1. The van der Waals surface area contributed by atoms with Crippen LogP contribution >= 0.6 is 0 Å². The van der Waals surface area contributed by atoms with Gasteiger partial charge in [-0.3, -0.25) is 4.79 Å². The van der Waals surface area contributed by atoms with Crippen LogP contribution < -0.4 is 5.73 Å². The maximum absolute atomic E-state index is 13.4. The highest BCUT2D eigenvalue weighted by molar-refractivity contribution is 5.98. The van der Waals surface area contributed by atoms with E-state index in [1.54, 1.807) is 19.1 Å². The van der Waals surface area contributed by atoms with Gasteiger partial charge in [0.1, 0.15) is 5.82 Å². The summed E-state index contributed by atoms with van der Waals surface area (Å²) in [5.74, 6) is -0.456. The van der Waals surface area contributed by atoms with E-state index >= 15 is 0 Å². The first-order chi connectivity index (χ1) is 8.09. The third-order valence-electron chi connectivity index (χ3n) is 3.61. The number of hydrogen-bond acceptors (Lipinski definition) is 2. The Morgan fingerprint density at radius 1 is 1.35 bits per heavy atom. The molecule has 1 aromatic rings. The minimum absolute atomic E-state index is 0.00361. The van der Waals surface area contributed by atoms with Crippen molar-refractivity contribution in [2.45, 2.75) is 38.6 Å². The predicted octanol–water partition coefficient (Wildman–Crippen LogP) is 2.83. The van der Waals surface area contributed by atoms with Gasteiger partial charge in [0.25, 0.3) is 0 Å². The second-order valence-electron chi connectivity index (χ2n) is 4.88. The van der Waals surface area contributed by atoms with E-state index in [9.17, 15) is 9.18 Å². The van der Waals surface area contributed by atoms with Gasteiger partial charge in [0, 0.05) is 17.5 Å². The molecule has 0 radical (unpaired) electrons. The van der Waals surface area contributed by atoms with Gasteiger partial charge in [-0.05, 0) is 31.4 Å². The number of nitrogens with two attached hydrogens (primary N) is 1. The fraction of sp³-hybridized carbons (Fsp3) is 0.500. The van der Waals surface area contributed by atoms with Gasteiger partial charge in [0.2, 0.25) is 0 Å². The molecular formula is C14H18FNO. The molecule has 0 bridgehead atoms. The van der Waals surface area contributed by atoms with Crippen LogP contribution in [0.3, 0.4) is 0 Å². The van der Waals surface area contributed by atoms with Crippen molar-refractivity contribution in [2.75, 3.05) is 0 Å². The molecule has 1 fully saturated rings. The molecule has 1 aliphatic rings. The number of rotatable bonds is 2. The number of Topliss-reactive ketones (excluding diaryl/α,β-unsaturated/α-hetero) is 1. The van der Waals surface area contributed by atoms with E-state index in [4.69, 9.17) is 5.73 Å². The van der Waals surface area contributed by atoms with Gasteiger partial charge in [0.15, 0.2) is 5.78 Å². The molecule has 2 rings (SSSR count). The molecule has 0 aromatic heterocycles. The van der Waals surface area contributed by atoms with Gasteiger partial charge in [-0.25, -0.2) is 4.39 Å². The molecule has 1 aromatic carbocycles. The molecule has 0 spiro atoms. The van der Waals surface area contributed by atoms with Crippen LogP contribution in [0, 0.1) is 18.7 Å². The lowest BCUT2D eigenvalue weighted by Crippen LogP contribution is -2.38. The molecule has 2 nitrogen and oxygen atoms in total. The van der Waals surface area contributed by atoms with E-state index < -0.39 is 0 Å². The first-order valence-electron chi connectivity index (χ1n) is 6.15. The SMILES string of the molecule is Cc1ccc(C(=O)C2CCCCC2N)cc1F. The van der Waals surface area contributed by atoms with Crippen molar-refractivity contribution < 1.29 is 9.18 Å². The average Bonchev–Trinajstić information content (AvgIpc) is 2.32. The van der Waals surface area contributed by atoms with Crippen LogP contribution in [-0.2, 0) is 0 Å². The topological polar surface area (TPSA) is 43.1 Å². The van der Waals surface area contributed by atoms with Crippen molar-refractivity contribution in [3.63, 3.8) is 0 Å². The highest BCUT2D eigenvalue weighted by Gasteiger charge is 2.29. The van der Waals surface area contributed by atoms with E-state index in [0.717, 1.165) is 25.7 Å². The summed E-state index contributed by atoms with van der Waals surface area (Å²) in [6, 6.07) is 4.61. The summed E-state index contributed by atoms with van der Waals surface area (Å²) < 4.78 is 13.4. The Kier molecular flexibility index (Phi) is 3.57. The molecule has 0 amide bonds. The van der Waals surface area contributed by atoms with Crippen LogP contribution in [0.1, 0.15) is 41.6 Å². The second-order valence-corrected chi connectivity index (χ2v) is 4.88. The van der Waals surface area contributed by atoms with E-state index in [0.29, 0.717) is 11.1 Å². The van der Waals surface area contributed by atoms with Gasteiger partial charge in [-0.1, -0.05) is 25.0 Å². The summed E-state index contributed by atoms with van der Waals surface area (Å²) in [5, 5.41) is 0. The van der Waals surface area contributed by atoms with E-state index in [2.05, 4.69) is 0 Å². The van der Waals surface area contributed by atoms with Crippen LogP contribution in [0.25, 0.3) is 0 Å². The molecule has 1 saturated carbocycles. The highest BCUT2D eigenvalue weighted by atomic mass is 19.1. The summed E-state index contributed by atoms with van der Waals surface area (Å²) in [6.07, 6.45) is 3.85. The normalized spacial score (nSPS) is 24.6. The Bertz CT molecular complexity index is 430. The number of ketones is 1. The molecule has 0 aliphatic heterocycles. The van der Waals surface area contributed by atoms with Crippen molar-refractivity contribution in [3.05, 3.63) is 35.1 Å². The molecule has 2 atom stereocenters. The number of aryl methyl sites for hydroxylation is 1. The first kappa shape index (κ1) is 12.2.